The number of amides is 1. The molecule has 2 nitrogen and oxygen atoms in total. The van der Waals surface area contributed by atoms with E-state index in [1.54, 1.807) is 11.3 Å². The van der Waals surface area contributed by atoms with Gasteiger partial charge in [-0.2, -0.15) is 0 Å². The molecule has 1 aromatic rings. The van der Waals surface area contributed by atoms with Crippen molar-refractivity contribution in [1.82, 2.24) is 5.32 Å². The van der Waals surface area contributed by atoms with E-state index in [1.807, 2.05) is 17.5 Å². The minimum absolute atomic E-state index is 0.114. The minimum atomic E-state index is 0.114. The van der Waals surface area contributed by atoms with Crippen LogP contribution in [0.15, 0.2) is 90.4 Å². The lowest BCUT2D eigenvalue weighted by Gasteiger charge is -2.01. The second-order valence-electron chi connectivity index (χ2n) is 6.81. The van der Waals surface area contributed by atoms with Crippen molar-refractivity contribution in [3.8, 4) is 0 Å². The molecule has 0 aliphatic carbocycles. The molecule has 1 heterocycles. The van der Waals surface area contributed by atoms with Crippen LogP contribution in [0.1, 0.15) is 63.2 Å². The fraction of sp³-hybridized carbons (Fsp3) is 0.370. The molecule has 3 heteroatoms. The summed E-state index contributed by atoms with van der Waals surface area (Å²) in [6, 6.07) is 4.04. The van der Waals surface area contributed by atoms with Crippen molar-refractivity contribution >= 4 is 17.2 Å². The Morgan fingerprint density at radius 3 is 1.77 bits per heavy atom. The highest BCUT2D eigenvalue weighted by Gasteiger charge is 1.99. The van der Waals surface area contributed by atoms with Crippen LogP contribution < -0.4 is 5.32 Å². The maximum absolute atomic E-state index is 11.7. The summed E-state index contributed by atoms with van der Waals surface area (Å²) < 4.78 is 0. The number of carbonyl (C=O) groups is 1. The maximum Gasteiger partial charge on any atom is 0.220 e. The average Bonchev–Trinajstić information content (AvgIpc) is 3.27. The monoisotopic (exact) mass is 423 g/mol. The number of rotatable bonds is 16. The lowest BCUT2D eigenvalue weighted by Crippen LogP contribution is -2.21. The molecule has 0 aliphatic rings. The lowest BCUT2D eigenvalue weighted by atomic mass is 10.2. The van der Waals surface area contributed by atoms with E-state index in [-0.39, 0.29) is 5.91 Å². The van der Waals surface area contributed by atoms with Gasteiger partial charge in [-0.1, -0.05) is 85.9 Å². The summed E-state index contributed by atoms with van der Waals surface area (Å²) in [4.78, 5) is 12.9. The zero-order chi connectivity index (χ0) is 21.5. The van der Waals surface area contributed by atoms with Crippen LogP contribution in [0, 0.1) is 0 Å². The van der Waals surface area contributed by atoms with E-state index in [2.05, 4.69) is 85.2 Å². The molecule has 0 spiro atoms. The Morgan fingerprint density at radius 1 is 0.800 bits per heavy atom. The van der Waals surface area contributed by atoms with Crippen LogP contribution in [-0.2, 0) is 11.3 Å². The second kappa shape index (κ2) is 19.9. The van der Waals surface area contributed by atoms with Gasteiger partial charge in [0.05, 0.1) is 6.54 Å². The first kappa shape index (κ1) is 25.6. The molecule has 30 heavy (non-hydrogen) atoms. The van der Waals surface area contributed by atoms with Gasteiger partial charge in [-0.05, 0) is 56.4 Å². The smallest absolute Gasteiger partial charge is 0.220 e. The van der Waals surface area contributed by atoms with E-state index >= 15 is 0 Å². The van der Waals surface area contributed by atoms with Gasteiger partial charge in [0, 0.05) is 11.3 Å². The molecule has 0 aliphatic heterocycles. The number of thiophene rings is 1. The molecule has 0 atom stereocenters. The molecule has 1 amide bonds. The lowest BCUT2D eigenvalue weighted by molar-refractivity contribution is -0.121. The highest BCUT2D eigenvalue weighted by atomic mass is 32.1. The predicted molar refractivity (Wildman–Crippen MR) is 134 cm³/mol. The van der Waals surface area contributed by atoms with Gasteiger partial charge in [0.25, 0.3) is 0 Å². The van der Waals surface area contributed by atoms with E-state index in [4.69, 9.17) is 0 Å². The summed E-state index contributed by atoms with van der Waals surface area (Å²) in [5.41, 5.74) is 0. The van der Waals surface area contributed by atoms with Crippen molar-refractivity contribution in [2.75, 3.05) is 0 Å². The highest BCUT2D eigenvalue weighted by Crippen LogP contribution is 2.07. The highest BCUT2D eigenvalue weighted by molar-refractivity contribution is 7.09. The van der Waals surface area contributed by atoms with Crippen molar-refractivity contribution in [2.24, 2.45) is 0 Å². The Hall–Kier alpha value is -2.39. The largest absolute Gasteiger partial charge is 0.351 e. The summed E-state index contributed by atoms with van der Waals surface area (Å²) in [5.74, 6) is 0.114. The van der Waals surface area contributed by atoms with E-state index < -0.39 is 0 Å². The van der Waals surface area contributed by atoms with E-state index in [1.165, 1.54) is 4.88 Å². The van der Waals surface area contributed by atoms with Gasteiger partial charge in [0.1, 0.15) is 0 Å². The number of allylic oxidation sites excluding steroid dienone is 12. The topological polar surface area (TPSA) is 29.1 Å². The maximum atomic E-state index is 11.7. The molecule has 0 unspecified atom stereocenters. The Bertz CT molecular complexity index is 705. The molecule has 0 saturated carbocycles. The van der Waals surface area contributed by atoms with Crippen LogP contribution in [0.4, 0.5) is 0 Å². The molecule has 0 aromatic carbocycles. The Kier molecular flexibility index (Phi) is 17.0. The average molecular weight is 424 g/mol. The number of nitrogens with one attached hydrogen (secondary N) is 1. The number of hydrogen-bond donors (Lipinski definition) is 1. The third-order valence-corrected chi connectivity index (χ3v) is 5.05. The summed E-state index contributed by atoms with van der Waals surface area (Å²) in [7, 11) is 0. The van der Waals surface area contributed by atoms with Crippen molar-refractivity contribution in [1.29, 1.82) is 0 Å². The van der Waals surface area contributed by atoms with Gasteiger partial charge in [-0.25, -0.2) is 0 Å². The van der Waals surface area contributed by atoms with E-state index in [9.17, 15) is 4.79 Å². The fourth-order valence-corrected chi connectivity index (χ4v) is 3.19. The van der Waals surface area contributed by atoms with E-state index in [0.717, 1.165) is 44.9 Å². The molecule has 162 valence electrons. The molecule has 0 saturated heterocycles. The third kappa shape index (κ3) is 16.6. The first-order valence-corrected chi connectivity index (χ1v) is 11.9. The summed E-state index contributed by atoms with van der Waals surface area (Å²) in [5, 5.41) is 4.98. The third-order valence-electron chi connectivity index (χ3n) is 4.17. The Labute approximate surface area is 187 Å². The van der Waals surface area contributed by atoms with Crippen LogP contribution in [0.3, 0.4) is 0 Å². The Morgan fingerprint density at radius 2 is 1.30 bits per heavy atom. The summed E-state index contributed by atoms with van der Waals surface area (Å²) in [6.07, 6.45) is 33.6. The molecule has 1 N–H and O–H groups in total. The second-order valence-corrected chi connectivity index (χ2v) is 7.84. The van der Waals surface area contributed by atoms with Gasteiger partial charge in [0.15, 0.2) is 0 Å². The molecule has 1 aromatic heterocycles. The molecule has 0 radical (unpaired) electrons. The van der Waals surface area contributed by atoms with Crippen LogP contribution in [0.5, 0.6) is 0 Å². The number of carbonyl (C=O) groups excluding carboxylic acids is 1. The van der Waals surface area contributed by atoms with Gasteiger partial charge < -0.3 is 5.32 Å². The van der Waals surface area contributed by atoms with Gasteiger partial charge in [-0.15, -0.1) is 11.3 Å². The van der Waals surface area contributed by atoms with Gasteiger partial charge in [-0.3, -0.25) is 4.79 Å². The zero-order valence-corrected chi connectivity index (χ0v) is 19.2. The molecular formula is C27H37NOS. The van der Waals surface area contributed by atoms with Gasteiger partial charge in [0.2, 0.25) is 5.91 Å². The molecule has 0 bridgehead atoms. The standard InChI is InChI=1S/C27H37NOS/c1-2-3-4-5-6-7-8-9-10-11-12-13-14-15-16-17-18-19-20-23-27(29)28-25-26-22-21-24-30-26/h3-4,6-7,9-10,12-13,15-16,18-19,21-22,24H,2,5,8,11,14,17,20,23,25H2,1H3,(H,28,29). The first-order valence-electron chi connectivity index (χ1n) is 11.0. The normalized spacial score (nSPS) is 12.7. The number of hydrogen-bond acceptors (Lipinski definition) is 2. The van der Waals surface area contributed by atoms with Crippen molar-refractivity contribution in [3.63, 3.8) is 0 Å². The van der Waals surface area contributed by atoms with Crippen molar-refractivity contribution < 1.29 is 4.79 Å². The molecule has 0 fully saturated rings. The minimum Gasteiger partial charge on any atom is -0.351 e. The van der Waals surface area contributed by atoms with Crippen molar-refractivity contribution in [3.05, 3.63) is 95.3 Å². The first-order chi connectivity index (χ1) is 14.8. The van der Waals surface area contributed by atoms with Crippen LogP contribution in [0.2, 0.25) is 0 Å². The SMILES string of the molecule is CCC=CCC=CCC=CCC=CCC=CCC=CCCC(=O)NCc1cccs1. The van der Waals surface area contributed by atoms with Crippen LogP contribution >= 0.6 is 11.3 Å². The van der Waals surface area contributed by atoms with Crippen LogP contribution in [-0.4, -0.2) is 5.91 Å². The van der Waals surface area contributed by atoms with Gasteiger partial charge >= 0.3 is 0 Å². The summed E-state index contributed by atoms with van der Waals surface area (Å²) in [6.45, 7) is 2.79. The zero-order valence-electron chi connectivity index (χ0n) is 18.3. The summed E-state index contributed by atoms with van der Waals surface area (Å²) >= 11 is 1.67. The molecule has 1 rings (SSSR count). The Balaban J connectivity index is 1.94. The molecular weight excluding hydrogens is 386 g/mol. The van der Waals surface area contributed by atoms with Crippen molar-refractivity contribution in [2.45, 2.75) is 64.8 Å². The predicted octanol–water partition coefficient (Wildman–Crippen LogP) is 7.84. The van der Waals surface area contributed by atoms with Crippen LogP contribution in [0.25, 0.3) is 0 Å². The van der Waals surface area contributed by atoms with E-state index in [0.29, 0.717) is 13.0 Å². The quantitative estimate of drug-likeness (QED) is 0.270. The fourth-order valence-electron chi connectivity index (χ4n) is 2.54.